The highest BCUT2D eigenvalue weighted by Crippen LogP contribution is 2.36. The smallest absolute Gasteiger partial charge is 0.326 e. The number of benzene rings is 1. The molecule has 1 aromatic rings. The highest BCUT2D eigenvalue weighted by atomic mass is 35.5. The van der Waals surface area contributed by atoms with Crippen LogP contribution in [-0.2, 0) is 25.4 Å². The number of rotatable bonds is 5. The Bertz CT molecular complexity index is 583. The minimum atomic E-state index is -4.60. The van der Waals surface area contributed by atoms with E-state index < -0.39 is 24.1 Å². The average molecular weight is 316 g/mol. The standard InChI is InChI=1S/C8H11ClNO6PS/c9-7-3-1-2-6(4-10)8(7)18(14,15)16-5-17(11,12)13/h1-3H,4-5,10H2,(H2,11,12,13). The van der Waals surface area contributed by atoms with Crippen molar-refractivity contribution in [3.8, 4) is 0 Å². The molecule has 0 unspecified atom stereocenters. The maximum absolute atomic E-state index is 11.8. The van der Waals surface area contributed by atoms with Crippen LogP contribution in [0.1, 0.15) is 5.56 Å². The lowest BCUT2D eigenvalue weighted by atomic mass is 10.2. The van der Waals surface area contributed by atoms with E-state index in [9.17, 15) is 13.0 Å². The minimum absolute atomic E-state index is 0.103. The van der Waals surface area contributed by atoms with Gasteiger partial charge in [0.25, 0.3) is 10.1 Å². The molecule has 1 rings (SSSR count). The Morgan fingerprint density at radius 1 is 1.39 bits per heavy atom. The first kappa shape index (κ1) is 15.6. The van der Waals surface area contributed by atoms with Crippen LogP contribution in [0.15, 0.2) is 23.1 Å². The van der Waals surface area contributed by atoms with Crippen molar-refractivity contribution in [3.63, 3.8) is 0 Å². The maximum atomic E-state index is 11.8. The molecule has 10 heteroatoms. The van der Waals surface area contributed by atoms with E-state index >= 15 is 0 Å². The van der Waals surface area contributed by atoms with E-state index in [1.165, 1.54) is 18.2 Å². The van der Waals surface area contributed by atoms with Crippen molar-refractivity contribution in [2.45, 2.75) is 11.4 Å². The monoisotopic (exact) mass is 315 g/mol. The van der Waals surface area contributed by atoms with E-state index in [-0.39, 0.29) is 22.0 Å². The number of hydrogen-bond acceptors (Lipinski definition) is 5. The number of nitrogens with two attached hydrogens (primary N) is 1. The number of hydrogen-bond donors (Lipinski definition) is 3. The molecule has 0 amide bonds. The van der Waals surface area contributed by atoms with Gasteiger partial charge in [0.2, 0.25) is 0 Å². The lowest BCUT2D eigenvalue weighted by Gasteiger charge is -2.11. The van der Waals surface area contributed by atoms with Crippen molar-refractivity contribution in [1.82, 2.24) is 0 Å². The van der Waals surface area contributed by atoms with Gasteiger partial charge in [0.05, 0.1) is 5.02 Å². The van der Waals surface area contributed by atoms with Crippen molar-refractivity contribution >= 4 is 29.3 Å². The van der Waals surface area contributed by atoms with Crippen LogP contribution in [0.25, 0.3) is 0 Å². The van der Waals surface area contributed by atoms with Gasteiger partial charge in [0.1, 0.15) is 4.90 Å². The Kier molecular flexibility index (Phi) is 4.90. The van der Waals surface area contributed by atoms with Crippen molar-refractivity contribution in [2.75, 3.05) is 6.35 Å². The van der Waals surface area contributed by atoms with Crippen LogP contribution in [0.5, 0.6) is 0 Å². The van der Waals surface area contributed by atoms with Gasteiger partial charge in [-0.25, -0.2) is 0 Å². The normalized spacial score (nSPS) is 12.7. The predicted molar refractivity (Wildman–Crippen MR) is 64.5 cm³/mol. The summed E-state index contributed by atoms with van der Waals surface area (Å²) in [6.07, 6.45) is -1.25. The molecule has 0 saturated heterocycles. The first-order chi connectivity index (χ1) is 8.17. The molecule has 0 radical (unpaired) electrons. The van der Waals surface area contributed by atoms with E-state index in [4.69, 9.17) is 27.1 Å². The summed E-state index contributed by atoms with van der Waals surface area (Å²) in [4.78, 5) is 16.8. The third-order valence-electron chi connectivity index (χ3n) is 1.89. The van der Waals surface area contributed by atoms with Crippen LogP contribution in [-0.4, -0.2) is 24.6 Å². The Morgan fingerprint density at radius 3 is 2.50 bits per heavy atom. The van der Waals surface area contributed by atoms with Gasteiger partial charge in [-0.3, -0.25) is 8.75 Å². The van der Waals surface area contributed by atoms with Crippen LogP contribution in [0, 0.1) is 0 Å². The summed E-state index contributed by atoms with van der Waals surface area (Å²) in [5.41, 5.74) is 5.57. The molecule has 0 aliphatic heterocycles. The third-order valence-corrected chi connectivity index (χ3v) is 4.37. The van der Waals surface area contributed by atoms with Gasteiger partial charge in [-0.05, 0) is 11.6 Å². The SMILES string of the molecule is NCc1cccc(Cl)c1S(=O)(=O)OCP(=O)(O)O. The molecule has 0 bridgehead atoms. The molecule has 0 saturated carbocycles. The molecule has 0 atom stereocenters. The molecule has 4 N–H and O–H groups in total. The van der Waals surface area contributed by atoms with Crippen LogP contribution in [0.2, 0.25) is 5.02 Å². The van der Waals surface area contributed by atoms with Gasteiger partial charge < -0.3 is 15.5 Å². The van der Waals surface area contributed by atoms with Gasteiger partial charge >= 0.3 is 7.60 Å². The van der Waals surface area contributed by atoms with Gasteiger partial charge in [-0.2, -0.15) is 8.42 Å². The van der Waals surface area contributed by atoms with Crippen LogP contribution < -0.4 is 5.73 Å². The zero-order chi connectivity index (χ0) is 14.0. The summed E-state index contributed by atoms with van der Waals surface area (Å²) in [7, 11) is -8.97. The van der Waals surface area contributed by atoms with Gasteiger partial charge in [-0.1, -0.05) is 23.7 Å². The van der Waals surface area contributed by atoms with Crippen molar-refractivity contribution in [3.05, 3.63) is 28.8 Å². The summed E-state index contributed by atoms with van der Waals surface area (Å²) >= 11 is 5.73. The summed E-state index contributed by atoms with van der Waals surface area (Å²) in [5.74, 6) is 0. The Labute approximate surface area is 109 Å². The fourth-order valence-corrected chi connectivity index (χ4v) is 3.67. The summed E-state index contributed by atoms with van der Waals surface area (Å²) in [6, 6.07) is 4.25. The van der Waals surface area contributed by atoms with Crippen molar-refractivity contribution < 1.29 is 27.0 Å². The lowest BCUT2D eigenvalue weighted by molar-refractivity contribution is 0.301. The molecule has 0 heterocycles. The maximum Gasteiger partial charge on any atom is 0.352 e. The Morgan fingerprint density at radius 2 is 2.00 bits per heavy atom. The largest absolute Gasteiger partial charge is 0.352 e. The lowest BCUT2D eigenvalue weighted by Crippen LogP contribution is -2.13. The molecule has 1 aromatic carbocycles. The van der Waals surface area contributed by atoms with Crippen LogP contribution in [0.4, 0.5) is 0 Å². The van der Waals surface area contributed by atoms with E-state index in [0.29, 0.717) is 0 Å². The Balaban J connectivity index is 3.17. The molecule has 0 aliphatic rings. The fraction of sp³-hybridized carbons (Fsp3) is 0.250. The van der Waals surface area contributed by atoms with Gasteiger partial charge in [0.15, 0.2) is 6.35 Å². The molecule has 0 aliphatic carbocycles. The van der Waals surface area contributed by atoms with Gasteiger partial charge in [-0.15, -0.1) is 0 Å². The molecule has 0 fully saturated rings. The summed E-state index contributed by atoms with van der Waals surface area (Å²) < 4.78 is 38.4. The average Bonchev–Trinajstić information content (AvgIpc) is 2.25. The second-order valence-corrected chi connectivity index (χ2v) is 6.84. The van der Waals surface area contributed by atoms with E-state index in [1.807, 2.05) is 0 Å². The van der Waals surface area contributed by atoms with E-state index in [1.54, 1.807) is 0 Å². The minimum Gasteiger partial charge on any atom is -0.326 e. The molecule has 18 heavy (non-hydrogen) atoms. The zero-order valence-electron chi connectivity index (χ0n) is 8.98. The second-order valence-electron chi connectivity index (χ2n) is 3.30. The molecule has 102 valence electrons. The van der Waals surface area contributed by atoms with Crippen LogP contribution in [0.3, 0.4) is 0 Å². The molecule has 7 nitrogen and oxygen atoms in total. The predicted octanol–water partition coefficient (Wildman–Crippen LogP) is 0.639. The van der Waals surface area contributed by atoms with Gasteiger partial charge in [0, 0.05) is 6.54 Å². The Hall–Kier alpha value is -0.470. The molecule has 0 aromatic heterocycles. The first-order valence-corrected chi connectivity index (χ1v) is 8.17. The summed E-state index contributed by atoms with van der Waals surface area (Å²) in [5, 5.41) is -0.122. The highest BCUT2D eigenvalue weighted by Gasteiger charge is 2.26. The topological polar surface area (TPSA) is 127 Å². The van der Waals surface area contributed by atoms with E-state index in [0.717, 1.165) is 0 Å². The van der Waals surface area contributed by atoms with E-state index in [2.05, 4.69) is 4.18 Å². The number of halogens is 1. The van der Waals surface area contributed by atoms with Crippen LogP contribution >= 0.6 is 19.2 Å². The zero-order valence-corrected chi connectivity index (χ0v) is 11.5. The highest BCUT2D eigenvalue weighted by molar-refractivity contribution is 7.87. The molecular weight excluding hydrogens is 305 g/mol. The molecule has 0 spiro atoms. The quantitative estimate of drug-likeness (QED) is 0.537. The molecular formula is C8H11ClNO6PS. The van der Waals surface area contributed by atoms with Crippen molar-refractivity contribution in [2.24, 2.45) is 5.73 Å². The summed E-state index contributed by atoms with van der Waals surface area (Å²) in [6.45, 7) is -0.103. The second kappa shape index (κ2) is 5.66. The third kappa shape index (κ3) is 4.03. The first-order valence-electron chi connectivity index (χ1n) is 4.59. The van der Waals surface area contributed by atoms with Crippen molar-refractivity contribution in [1.29, 1.82) is 0 Å². The fourth-order valence-electron chi connectivity index (χ4n) is 1.19.